The molecule has 2 N–H and O–H groups in total. The molecule has 1 aromatic rings. The fourth-order valence-corrected chi connectivity index (χ4v) is 5.32. The number of halogens is 3. The molecule has 0 saturated heterocycles. The van der Waals surface area contributed by atoms with Gasteiger partial charge < -0.3 is 10.6 Å². The Morgan fingerprint density at radius 3 is 1.53 bits per heavy atom. The highest BCUT2D eigenvalue weighted by Gasteiger charge is 2.21. The highest BCUT2D eigenvalue weighted by atomic mass is 127. The second-order valence-electron chi connectivity index (χ2n) is 3.59. The largest absolute Gasteiger partial charge is 0.324 e. The predicted molar refractivity (Wildman–Crippen MR) is 98.6 cm³/mol. The summed E-state index contributed by atoms with van der Waals surface area (Å²) in [6.07, 6.45) is 0.719. The van der Waals surface area contributed by atoms with E-state index in [0.717, 1.165) is 6.29 Å². The highest BCUT2D eigenvalue weighted by Crippen LogP contribution is 2.38. The van der Waals surface area contributed by atoms with E-state index in [4.69, 9.17) is 0 Å². The lowest BCUT2D eigenvalue weighted by atomic mass is 10.2. The number of benzene rings is 1. The van der Waals surface area contributed by atoms with Crippen molar-refractivity contribution in [3.05, 3.63) is 16.3 Å². The molecule has 0 aromatic heterocycles. The van der Waals surface area contributed by atoms with Gasteiger partial charge in [-0.05, 0) is 67.8 Å². The van der Waals surface area contributed by atoms with Gasteiger partial charge in [0.1, 0.15) is 0 Å². The SMILES string of the molecule is CC(=O)Nc1c(I)c(C=O)c(I)c(NC(C)=O)c1I. The van der Waals surface area contributed by atoms with Gasteiger partial charge in [0.05, 0.1) is 14.9 Å². The molecule has 19 heavy (non-hydrogen) atoms. The van der Waals surface area contributed by atoms with E-state index in [1.165, 1.54) is 13.8 Å². The standard InChI is InChI=1S/C11H9I3N2O3/c1-4(18)15-10-7(12)6(3-17)8(13)11(9(10)14)16-5(2)19/h3H,1-2H3,(H,15,18)(H,16,19). The lowest BCUT2D eigenvalue weighted by molar-refractivity contribution is -0.115. The van der Waals surface area contributed by atoms with Crippen molar-refractivity contribution >= 4 is 97.2 Å². The minimum Gasteiger partial charge on any atom is -0.324 e. The normalized spacial score (nSPS) is 9.95. The van der Waals surface area contributed by atoms with E-state index in [0.29, 0.717) is 27.6 Å². The van der Waals surface area contributed by atoms with Gasteiger partial charge in [0, 0.05) is 26.6 Å². The number of rotatable bonds is 3. The Kier molecular flexibility index (Phi) is 6.42. The summed E-state index contributed by atoms with van der Waals surface area (Å²) < 4.78 is 2.01. The number of hydrogen-bond donors (Lipinski definition) is 2. The highest BCUT2D eigenvalue weighted by molar-refractivity contribution is 14.1. The van der Waals surface area contributed by atoms with Crippen LogP contribution in [0.15, 0.2) is 0 Å². The Morgan fingerprint density at radius 2 is 1.26 bits per heavy atom. The Hall–Kier alpha value is 0.0200. The summed E-state index contributed by atoms with van der Waals surface area (Å²) in [4.78, 5) is 33.7. The minimum atomic E-state index is -0.234. The average molecular weight is 598 g/mol. The van der Waals surface area contributed by atoms with Crippen LogP contribution >= 0.6 is 67.8 Å². The molecule has 0 aliphatic rings. The first kappa shape index (κ1) is 17.1. The molecule has 8 heteroatoms. The quantitative estimate of drug-likeness (QED) is 0.415. The summed E-state index contributed by atoms with van der Waals surface area (Å²) in [7, 11) is 0. The molecule has 102 valence electrons. The smallest absolute Gasteiger partial charge is 0.221 e. The van der Waals surface area contributed by atoms with Crippen LogP contribution in [0.5, 0.6) is 0 Å². The molecule has 1 rings (SSSR count). The Morgan fingerprint density at radius 1 is 0.895 bits per heavy atom. The first-order valence-electron chi connectivity index (χ1n) is 5.00. The molecule has 5 nitrogen and oxygen atoms in total. The van der Waals surface area contributed by atoms with E-state index in [1.54, 1.807) is 0 Å². The molecule has 0 aliphatic heterocycles. The van der Waals surface area contributed by atoms with Gasteiger partial charge >= 0.3 is 0 Å². The van der Waals surface area contributed by atoms with Crippen LogP contribution in [0.4, 0.5) is 11.4 Å². The third-order valence-corrected chi connectivity index (χ3v) is 5.39. The van der Waals surface area contributed by atoms with Crippen molar-refractivity contribution in [2.75, 3.05) is 10.6 Å². The zero-order valence-electron chi connectivity index (χ0n) is 9.94. The Balaban J connectivity index is 3.59. The topological polar surface area (TPSA) is 75.3 Å². The molecule has 0 aliphatic carbocycles. The summed E-state index contributed by atoms with van der Waals surface area (Å²) in [5, 5.41) is 5.38. The van der Waals surface area contributed by atoms with E-state index in [1.807, 2.05) is 67.8 Å². The zero-order valence-corrected chi connectivity index (χ0v) is 16.4. The van der Waals surface area contributed by atoms with Crippen molar-refractivity contribution in [2.24, 2.45) is 0 Å². The van der Waals surface area contributed by atoms with Crippen LogP contribution in [0, 0.1) is 10.7 Å². The van der Waals surface area contributed by atoms with E-state index < -0.39 is 0 Å². The maximum atomic E-state index is 11.2. The number of carbonyl (C=O) groups excluding carboxylic acids is 3. The van der Waals surface area contributed by atoms with Crippen LogP contribution in [0.25, 0.3) is 0 Å². The van der Waals surface area contributed by atoms with Crippen molar-refractivity contribution in [3.8, 4) is 0 Å². The van der Waals surface area contributed by atoms with Crippen LogP contribution in [-0.2, 0) is 9.59 Å². The van der Waals surface area contributed by atoms with Crippen LogP contribution in [0.1, 0.15) is 24.2 Å². The predicted octanol–water partition coefficient (Wildman–Crippen LogP) is 3.23. The van der Waals surface area contributed by atoms with Crippen LogP contribution in [-0.4, -0.2) is 18.1 Å². The van der Waals surface area contributed by atoms with Crippen molar-refractivity contribution in [1.82, 2.24) is 0 Å². The van der Waals surface area contributed by atoms with Crippen LogP contribution in [0.3, 0.4) is 0 Å². The first-order valence-corrected chi connectivity index (χ1v) is 8.24. The summed E-state index contributed by atoms with van der Waals surface area (Å²) in [5.41, 5.74) is 1.54. The number of amides is 2. The summed E-state index contributed by atoms with van der Waals surface area (Å²) >= 11 is 6.05. The third kappa shape index (κ3) is 4.00. The molecule has 0 fully saturated rings. The molecule has 2 amide bonds. The van der Waals surface area contributed by atoms with Gasteiger partial charge in [-0.15, -0.1) is 0 Å². The van der Waals surface area contributed by atoms with Gasteiger partial charge in [-0.25, -0.2) is 0 Å². The minimum absolute atomic E-state index is 0.234. The number of anilines is 2. The summed E-state index contributed by atoms with van der Waals surface area (Å²) in [6.45, 7) is 2.78. The lowest BCUT2D eigenvalue weighted by Crippen LogP contribution is -2.16. The molecule has 0 atom stereocenters. The molecular weight excluding hydrogens is 589 g/mol. The molecule has 0 spiro atoms. The van der Waals surface area contributed by atoms with Crippen molar-refractivity contribution in [3.63, 3.8) is 0 Å². The maximum Gasteiger partial charge on any atom is 0.221 e. The van der Waals surface area contributed by atoms with Crippen molar-refractivity contribution < 1.29 is 14.4 Å². The van der Waals surface area contributed by atoms with Gasteiger partial charge in [-0.1, -0.05) is 0 Å². The molecular formula is C11H9I3N2O3. The van der Waals surface area contributed by atoms with Gasteiger partial charge in [-0.2, -0.15) is 0 Å². The maximum absolute atomic E-state index is 11.2. The van der Waals surface area contributed by atoms with Gasteiger partial charge in [0.25, 0.3) is 0 Å². The molecule has 0 heterocycles. The summed E-state index contributed by atoms with van der Waals surface area (Å²) in [6, 6.07) is 0. The number of carbonyl (C=O) groups is 3. The van der Waals surface area contributed by atoms with E-state index in [-0.39, 0.29) is 11.8 Å². The second kappa shape index (κ2) is 7.15. The molecule has 0 radical (unpaired) electrons. The fraction of sp³-hybridized carbons (Fsp3) is 0.182. The Bertz CT molecular complexity index is 530. The fourth-order valence-electron chi connectivity index (χ4n) is 1.36. The van der Waals surface area contributed by atoms with Crippen LogP contribution in [0.2, 0.25) is 0 Å². The van der Waals surface area contributed by atoms with Gasteiger partial charge in [0.15, 0.2) is 6.29 Å². The second-order valence-corrected chi connectivity index (χ2v) is 6.82. The van der Waals surface area contributed by atoms with Crippen LogP contribution < -0.4 is 10.6 Å². The van der Waals surface area contributed by atoms with Crippen molar-refractivity contribution in [1.29, 1.82) is 0 Å². The molecule has 0 saturated carbocycles. The number of aldehydes is 1. The third-order valence-electron chi connectivity index (χ3n) is 2.07. The van der Waals surface area contributed by atoms with E-state index in [2.05, 4.69) is 10.6 Å². The van der Waals surface area contributed by atoms with Gasteiger partial charge in [0.2, 0.25) is 11.8 Å². The number of hydrogen-bond acceptors (Lipinski definition) is 3. The Labute approximate surface area is 151 Å². The average Bonchev–Trinajstić information content (AvgIpc) is 2.30. The van der Waals surface area contributed by atoms with Crippen molar-refractivity contribution in [2.45, 2.75) is 13.8 Å². The zero-order chi connectivity index (χ0) is 14.7. The molecule has 0 bridgehead atoms. The first-order chi connectivity index (χ1) is 8.79. The molecule has 1 aromatic carbocycles. The van der Waals surface area contributed by atoms with E-state index >= 15 is 0 Å². The lowest BCUT2D eigenvalue weighted by Gasteiger charge is -2.17. The van der Waals surface area contributed by atoms with Gasteiger partial charge in [-0.3, -0.25) is 14.4 Å². The summed E-state index contributed by atoms with van der Waals surface area (Å²) in [5.74, 6) is -0.467. The van der Waals surface area contributed by atoms with E-state index in [9.17, 15) is 14.4 Å². The monoisotopic (exact) mass is 598 g/mol. The number of nitrogens with one attached hydrogen (secondary N) is 2. The molecule has 0 unspecified atom stereocenters.